The quantitative estimate of drug-likeness (QED) is 0.947. The maximum absolute atomic E-state index is 12.0. The van der Waals surface area contributed by atoms with Gasteiger partial charge in [0.25, 0.3) is 5.91 Å². The van der Waals surface area contributed by atoms with E-state index in [1.54, 1.807) is 17.7 Å². The van der Waals surface area contributed by atoms with Crippen LogP contribution in [0.3, 0.4) is 0 Å². The number of carbonyl (C=O) groups is 1. The zero-order valence-corrected chi connectivity index (χ0v) is 12.1. The van der Waals surface area contributed by atoms with Crippen molar-refractivity contribution in [1.82, 2.24) is 14.9 Å². The van der Waals surface area contributed by atoms with Crippen LogP contribution >= 0.6 is 23.2 Å². The van der Waals surface area contributed by atoms with Crippen molar-refractivity contribution >= 4 is 29.1 Å². The van der Waals surface area contributed by atoms with E-state index in [2.05, 4.69) is 10.3 Å². The lowest BCUT2D eigenvalue weighted by Gasteiger charge is -2.06. The summed E-state index contributed by atoms with van der Waals surface area (Å²) in [6, 6.07) is 7.21. The van der Waals surface area contributed by atoms with Gasteiger partial charge in [0.2, 0.25) is 0 Å². The number of carbonyl (C=O) groups excluding carboxylic acids is 1. The normalized spacial score (nSPS) is 10.5. The highest BCUT2D eigenvalue weighted by atomic mass is 35.5. The smallest absolute Gasteiger partial charge is 0.268 e. The molecule has 100 valence electrons. The minimum Gasteiger partial charge on any atom is -0.345 e. The largest absolute Gasteiger partial charge is 0.345 e. The Morgan fingerprint density at radius 2 is 2.16 bits per heavy atom. The molecule has 6 heteroatoms. The van der Waals surface area contributed by atoms with Crippen LogP contribution in [-0.2, 0) is 13.6 Å². The van der Waals surface area contributed by atoms with Gasteiger partial charge in [0.05, 0.1) is 17.3 Å². The van der Waals surface area contributed by atoms with Crippen LogP contribution in [0.1, 0.15) is 21.9 Å². The molecule has 0 saturated carbocycles. The Morgan fingerprint density at radius 1 is 1.42 bits per heavy atom. The number of halogens is 2. The molecule has 19 heavy (non-hydrogen) atoms. The molecule has 0 saturated heterocycles. The molecule has 0 bridgehead atoms. The Bertz CT molecular complexity index is 622. The summed E-state index contributed by atoms with van der Waals surface area (Å²) in [5.74, 6) is -0.236. The highest BCUT2D eigenvalue weighted by Gasteiger charge is 2.15. The average Bonchev–Trinajstić information content (AvgIpc) is 2.64. The lowest BCUT2D eigenvalue weighted by Crippen LogP contribution is -2.25. The first-order chi connectivity index (χ1) is 8.99. The van der Waals surface area contributed by atoms with Crippen molar-refractivity contribution < 1.29 is 4.79 Å². The minimum absolute atomic E-state index is 0.236. The van der Waals surface area contributed by atoms with Crippen molar-refractivity contribution in [1.29, 1.82) is 0 Å². The van der Waals surface area contributed by atoms with E-state index in [4.69, 9.17) is 23.2 Å². The van der Waals surface area contributed by atoms with Gasteiger partial charge in [-0.15, -0.1) is 0 Å². The third kappa shape index (κ3) is 3.08. The molecule has 0 aliphatic carbocycles. The Kier molecular flexibility index (Phi) is 4.12. The van der Waals surface area contributed by atoms with Gasteiger partial charge in [0.1, 0.15) is 10.8 Å². The van der Waals surface area contributed by atoms with E-state index in [9.17, 15) is 4.79 Å². The van der Waals surface area contributed by atoms with E-state index < -0.39 is 0 Å². The molecule has 0 fully saturated rings. The van der Waals surface area contributed by atoms with Gasteiger partial charge in [-0.05, 0) is 25.1 Å². The van der Waals surface area contributed by atoms with Gasteiger partial charge in [-0.25, -0.2) is 0 Å². The fourth-order valence-corrected chi connectivity index (χ4v) is 2.10. The van der Waals surface area contributed by atoms with Crippen molar-refractivity contribution in [3.63, 3.8) is 0 Å². The van der Waals surface area contributed by atoms with E-state index in [0.717, 1.165) is 11.4 Å². The third-order valence-electron chi connectivity index (χ3n) is 2.73. The average molecular weight is 298 g/mol. The molecule has 2 aromatic rings. The number of hydrogen-bond donors (Lipinski definition) is 1. The summed E-state index contributed by atoms with van der Waals surface area (Å²) in [6.45, 7) is 2.27. The molecule has 0 unspecified atom stereocenters. The van der Waals surface area contributed by atoms with Crippen LogP contribution in [0.25, 0.3) is 0 Å². The highest BCUT2D eigenvalue weighted by molar-refractivity contribution is 6.41. The Hall–Kier alpha value is -1.52. The summed E-state index contributed by atoms with van der Waals surface area (Å²) < 4.78 is 1.54. The number of nitrogens with one attached hydrogen (secondary N) is 1. The van der Waals surface area contributed by atoms with E-state index in [1.807, 2.05) is 25.1 Å². The number of aryl methyl sites for hydroxylation is 1. The molecule has 0 spiro atoms. The number of hydrogen-bond acceptors (Lipinski definition) is 2. The molecule has 2 rings (SSSR count). The van der Waals surface area contributed by atoms with Gasteiger partial charge in [-0.2, -0.15) is 0 Å². The first-order valence-electron chi connectivity index (χ1n) is 5.70. The predicted molar refractivity (Wildman–Crippen MR) is 75.6 cm³/mol. The van der Waals surface area contributed by atoms with Crippen molar-refractivity contribution in [2.24, 2.45) is 7.05 Å². The second-order valence-electron chi connectivity index (χ2n) is 4.18. The van der Waals surface area contributed by atoms with E-state index in [1.165, 1.54) is 0 Å². The summed E-state index contributed by atoms with van der Waals surface area (Å²) in [6.07, 6.45) is 0. The van der Waals surface area contributed by atoms with Crippen LogP contribution in [0.2, 0.25) is 10.2 Å². The van der Waals surface area contributed by atoms with E-state index in [-0.39, 0.29) is 5.91 Å². The van der Waals surface area contributed by atoms with E-state index >= 15 is 0 Å². The highest BCUT2D eigenvalue weighted by Crippen LogP contribution is 2.24. The van der Waals surface area contributed by atoms with Gasteiger partial charge in [0, 0.05) is 12.7 Å². The topological polar surface area (TPSA) is 46.9 Å². The molecule has 0 aliphatic heterocycles. The standard InChI is InChI=1S/C13H13Cl2N3O/c1-8-4-3-5-9(17-8)7-16-13(19)11-6-10(14)12(15)18(11)2/h3-6H,7H2,1-2H3,(H,16,19). The van der Waals surface area contributed by atoms with Crippen molar-refractivity contribution in [3.05, 3.63) is 51.5 Å². The number of amides is 1. The van der Waals surface area contributed by atoms with Crippen LogP contribution in [0, 0.1) is 6.92 Å². The number of aromatic nitrogens is 2. The van der Waals surface area contributed by atoms with Gasteiger partial charge < -0.3 is 9.88 Å². The Balaban J connectivity index is 2.07. The van der Waals surface area contributed by atoms with Crippen LogP contribution in [0.15, 0.2) is 24.3 Å². The minimum atomic E-state index is -0.236. The van der Waals surface area contributed by atoms with Gasteiger partial charge in [0.15, 0.2) is 0 Å². The number of rotatable bonds is 3. The molecule has 0 aliphatic rings. The molecule has 0 atom stereocenters. The second kappa shape index (κ2) is 5.63. The first kappa shape index (κ1) is 13.9. The molecule has 2 aromatic heterocycles. The second-order valence-corrected chi connectivity index (χ2v) is 4.95. The van der Waals surface area contributed by atoms with Crippen LogP contribution < -0.4 is 5.32 Å². The van der Waals surface area contributed by atoms with Crippen molar-refractivity contribution in [3.8, 4) is 0 Å². The van der Waals surface area contributed by atoms with Gasteiger partial charge in [-0.1, -0.05) is 29.3 Å². The number of pyridine rings is 1. The maximum Gasteiger partial charge on any atom is 0.268 e. The molecule has 1 N–H and O–H groups in total. The zero-order valence-electron chi connectivity index (χ0n) is 10.6. The molecule has 4 nitrogen and oxygen atoms in total. The molecule has 1 amide bonds. The summed E-state index contributed by atoms with van der Waals surface area (Å²) >= 11 is 11.8. The van der Waals surface area contributed by atoms with Crippen LogP contribution in [-0.4, -0.2) is 15.5 Å². The molecule has 2 heterocycles. The Labute approximate surface area is 121 Å². The molecule has 0 radical (unpaired) electrons. The first-order valence-corrected chi connectivity index (χ1v) is 6.46. The lowest BCUT2D eigenvalue weighted by atomic mass is 10.3. The third-order valence-corrected chi connectivity index (χ3v) is 3.57. The molecular weight excluding hydrogens is 285 g/mol. The fourth-order valence-electron chi connectivity index (χ4n) is 1.72. The summed E-state index contributed by atoms with van der Waals surface area (Å²) in [5, 5.41) is 3.50. The van der Waals surface area contributed by atoms with Crippen molar-refractivity contribution in [2.75, 3.05) is 0 Å². The summed E-state index contributed by atoms with van der Waals surface area (Å²) in [4.78, 5) is 16.3. The fraction of sp³-hybridized carbons (Fsp3) is 0.231. The van der Waals surface area contributed by atoms with Crippen LogP contribution in [0.5, 0.6) is 0 Å². The van der Waals surface area contributed by atoms with Crippen molar-refractivity contribution in [2.45, 2.75) is 13.5 Å². The Morgan fingerprint density at radius 3 is 2.74 bits per heavy atom. The lowest BCUT2D eigenvalue weighted by molar-refractivity contribution is 0.0942. The van der Waals surface area contributed by atoms with Crippen LogP contribution in [0.4, 0.5) is 0 Å². The van der Waals surface area contributed by atoms with E-state index in [0.29, 0.717) is 22.4 Å². The molecular formula is C13H13Cl2N3O. The van der Waals surface area contributed by atoms with Gasteiger partial charge >= 0.3 is 0 Å². The monoisotopic (exact) mass is 297 g/mol. The van der Waals surface area contributed by atoms with Gasteiger partial charge in [-0.3, -0.25) is 9.78 Å². The maximum atomic E-state index is 12.0. The summed E-state index contributed by atoms with van der Waals surface area (Å²) in [5.41, 5.74) is 2.14. The zero-order chi connectivity index (χ0) is 14.0. The number of nitrogens with zero attached hydrogens (tertiary/aromatic N) is 2. The summed E-state index contributed by atoms with van der Waals surface area (Å²) in [7, 11) is 1.69. The predicted octanol–water partition coefficient (Wildman–Crippen LogP) is 2.97. The SMILES string of the molecule is Cc1cccc(CNC(=O)c2cc(Cl)c(Cl)n2C)n1. The molecule has 0 aromatic carbocycles.